The van der Waals surface area contributed by atoms with Crippen LogP contribution in [-0.4, -0.2) is 0 Å². The van der Waals surface area contributed by atoms with E-state index in [1.165, 1.54) is 22.3 Å². The Morgan fingerprint density at radius 2 is 1.02 bits per heavy atom. The molecule has 0 saturated carbocycles. The summed E-state index contributed by atoms with van der Waals surface area (Å²) in [6, 6.07) is 38.0. The number of hydrogen-bond acceptors (Lipinski definition) is 0. The minimum Gasteiger partial charge on any atom is -1.00 e. The molecule has 3 heteroatoms. The van der Waals surface area contributed by atoms with Gasteiger partial charge in [0.15, 0.2) is 0 Å². The van der Waals surface area contributed by atoms with Gasteiger partial charge >= 0.3 is 241 Å². The SMILES string of the molecule is C.CC(C)(C)c1ccc2c(c1)[CH]([Zr+2]([C]1=CC=CC1)([c]1ccccc1)[c]1ccccc1)c1cc(C(C)(C)C)ccc1-2.[Cl-].[Cl-]. The molecule has 0 N–H and O–H groups in total. The van der Waals surface area contributed by atoms with Crippen LogP contribution in [0.3, 0.4) is 0 Å². The molecular weight excluding hydrogens is 631 g/mol. The second-order valence-corrected chi connectivity index (χ2v) is 23.2. The van der Waals surface area contributed by atoms with Crippen LogP contribution in [0.4, 0.5) is 0 Å². The number of benzene rings is 4. The zero-order valence-electron chi connectivity index (χ0n) is 25.0. The van der Waals surface area contributed by atoms with Crippen LogP contribution in [0, 0.1) is 0 Å². The number of fused-ring (bicyclic) bond motifs is 3. The van der Waals surface area contributed by atoms with Crippen molar-refractivity contribution in [2.24, 2.45) is 0 Å². The Labute approximate surface area is 271 Å². The van der Waals surface area contributed by atoms with Crippen LogP contribution in [0.1, 0.15) is 81.3 Å². The summed E-state index contributed by atoms with van der Waals surface area (Å²) in [5.41, 5.74) is 8.99. The Morgan fingerprint density at radius 1 is 0.595 bits per heavy atom. The molecule has 218 valence electrons. The van der Waals surface area contributed by atoms with Crippen molar-refractivity contribution < 1.29 is 45.1 Å². The largest absolute Gasteiger partial charge is 1.00 e. The van der Waals surface area contributed by atoms with E-state index >= 15 is 0 Å². The summed E-state index contributed by atoms with van der Waals surface area (Å²) < 4.78 is 5.18. The fraction of sp³-hybridized carbons (Fsp3) is 0.282. The van der Waals surface area contributed by atoms with Crippen LogP contribution in [0.5, 0.6) is 0 Å². The molecule has 0 aromatic heterocycles. The van der Waals surface area contributed by atoms with E-state index in [0.29, 0.717) is 3.63 Å². The van der Waals surface area contributed by atoms with Crippen molar-refractivity contribution in [3.63, 3.8) is 0 Å². The molecule has 0 bridgehead atoms. The van der Waals surface area contributed by atoms with Gasteiger partial charge in [0.25, 0.3) is 0 Å². The summed E-state index contributed by atoms with van der Waals surface area (Å²) in [5.74, 6) is 0. The second-order valence-electron chi connectivity index (χ2n) is 13.4. The molecule has 0 unspecified atom stereocenters. The van der Waals surface area contributed by atoms with Gasteiger partial charge in [-0.3, -0.25) is 0 Å². The predicted molar refractivity (Wildman–Crippen MR) is 172 cm³/mol. The van der Waals surface area contributed by atoms with Gasteiger partial charge in [-0.05, 0) is 0 Å². The van der Waals surface area contributed by atoms with Crippen LogP contribution in [0.25, 0.3) is 11.1 Å². The first-order valence-corrected chi connectivity index (χ1v) is 19.5. The van der Waals surface area contributed by atoms with Gasteiger partial charge in [-0.2, -0.15) is 0 Å². The van der Waals surface area contributed by atoms with E-state index in [1.54, 1.807) is 21.0 Å². The third-order valence-electron chi connectivity index (χ3n) is 8.92. The van der Waals surface area contributed by atoms with Crippen LogP contribution in [-0.2, 0) is 31.1 Å². The van der Waals surface area contributed by atoms with E-state index in [2.05, 4.69) is 157 Å². The summed E-state index contributed by atoms with van der Waals surface area (Å²) in [6.07, 6.45) is 8.22. The minimum absolute atomic E-state index is 0. The molecule has 0 atom stereocenters. The van der Waals surface area contributed by atoms with E-state index in [4.69, 9.17) is 0 Å². The molecule has 2 aliphatic rings. The Morgan fingerprint density at radius 3 is 1.38 bits per heavy atom. The van der Waals surface area contributed by atoms with E-state index in [1.807, 2.05) is 0 Å². The van der Waals surface area contributed by atoms with Crippen molar-refractivity contribution in [1.29, 1.82) is 0 Å². The van der Waals surface area contributed by atoms with Gasteiger partial charge < -0.3 is 24.8 Å². The van der Waals surface area contributed by atoms with Crippen LogP contribution >= 0.6 is 0 Å². The molecule has 0 amide bonds. The Kier molecular flexibility index (Phi) is 10.5. The number of halogens is 2. The second kappa shape index (κ2) is 12.8. The molecule has 0 saturated heterocycles. The molecule has 0 aliphatic heterocycles. The van der Waals surface area contributed by atoms with Crippen molar-refractivity contribution in [2.75, 3.05) is 0 Å². The molecule has 0 fully saturated rings. The first-order chi connectivity index (χ1) is 18.6. The molecule has 0 heterocycles. The maximum Gasteiger partial charge on any atom is -1.00 e. The Balaban J connectivity index is 0.00000161. The zero-order chi connectivity index (χ0) is 27.4. The number of allylic oxidation sites excluding steroid dienone is 4. The van der Waals surface area contributed by atoms with E-state index in [0.717, 1.165) is 6.42 Å². The fourth-order valence-corrected chi connectivity index (χ4v) is 21.0. The first kappa shape index (κ1) is 34.3. The normalized spacial score (nSPS) is 13.8. The maximum absolute atomic E-state index is 3.68. The quantitative estimate of drug-likeness (QED) is 0.311. The van der Waals surface area contributed by atoms with Crippen LogP contribution in [0.2, 0.25) is 0 Å². The molecule has 2 aliphatic carbocycles. The van der Waals surface area contributed by atoms with Crippen LogP contribution in [0.15, 0.2) is 119 Å². The fourth-order valence-electron chi connectivity index (χ4n) is 6.86. The van der Waals surface area contributed by atoms with Gasteiger partial charge in [0, 0.05) is 0 Å². The average Bonchev–Trinajstić information content (AvgIpc) is 3.57. The smallest absolute Gasteiger partial charge is 1.00 e. The Bertz CT molecular complexity index is 1480. The zero-order valence-corrected chi connectivity index (χ0v) is 29.0. The van der Waals surface area contributed by atoms with Crippen molar-refractivity contribution in [3.8, 4) is 11.1 Å². The molecule has 4 aromatic carbocycles. The molecule has 0 nitrogen and oxygen atoms in total. The van der Waals surface area contributed by atoms with Crippen molar-refractivity contribution in [2.45, 2.75) is 69.8 Å². The van der Waals surface area contributed by atoms with Gasteiger partial charge in [0.05, 0.1) is 0 Å². The predicted octanol–water partition coefficient (Wildman–Crippen LogP) is 3.64. The van der Waals surface area contributed by atoms with Gasteiger partial charge in [0.1, 0.15) is 0 Å². The molecule has 6 rings (SSSR count). The third kappa shape index (κ3) is 5.70. The van der Waals surface area contributed by atoms with Gasteiger partial charge in [-0.1, -0.05) is 7.43 Å². The summed E-state index contributed by atoms with van der Waals surface area (Å²) >= 11 is -3.68. The third-order valence-corrected chi connectivity index (χ3v) is 22.1. The molecular formula is C39H44Cl2Zr. The molecule has 0 spiro atoms. The van der Waals surface area contributed by atoms with Gasteiger partial charge in [-0.15, -0.1) is 0 Å². The summed E-state index contributed by atoms with van der Waals surface area (Å²) in [7, 11) is 0. The Hall–Kier alpha value is -2.18. The van der Waals surface area contributed by atoms with E-state index in [9.17, 15) is 0 Å². The molecule has 4 aromatic rings. The summed E-state index contributed by atoms with van der Waals surface area (Å²) in [6.45, 7) is 14.1. The average molecular weight is 675 g/mol. The van der Waals surface area contributed by atoms with Gasteiger partial charge in [-0.25, -0.2) is 0 Å². The maximum atomic E-state index is 2.58. The number of hydrogen-bond donors (Lipinski definition) is 0. The standard InChI is InChI=1S/C21H25.2C6H5.C5H5.CH4.2ClH.Zr/c1-20(2,3)16-7-9-18-14(12-16)11-15-13-17(21(4,5)6)8-10-19(15)18;2*1-2-4-6-5-3-1;1-2-4-5-3-1;;;;/h7-13H,1-6H3;2*1-5H;1-3H,4H2;1H4;2*1H;/q;;;;;;;+2/p-2. The van der Waals surface area contributed by atoms with Crippen molar-refractivity contribution in [3.05, 3.63) is 141 Å². The van der Waals surface area contributed by atoms with Crippen LogP contribution < -0.4 is 31.4 Å². The monoisotopic (exact) mass is 672 g/mol. The van der Waals surface area contributed by atoms with E-state index in [-0.39, 0.29) is 43.1 Å². The van der Waals surface area contributed by atoms with Gasteiger partial charge in [0.2, 0.25) is 0 Å². The van der Waals surface area contributed by atoms with E-state index < -0.39 is 20.3 Å². The molecule has 42 heavy (non-hydrogen) atoms. The summed E-state index contributed by atoms with van der Waals surface area (Å²) in [4.78, 5) is 0. The number of rotatable bonds is 4. The first-order valence-electron chi connectivity index (χ1n) is 14.4. The van der Waals surface area contributed by atoms with Crippen molar-refractivity contribution >= 4 is 6.54 Å². The van der Waals surface area contributed by atoms with Crippen molar-refractivity contribution in [1.82, 2.24) is 0 Å². The topological polar surface area (TPSA) is 0 Å². The minimum atomic E-state index is -3.68. The summed E-state index contributed by atoms with van der Waals surface area (Å²) in [5, 5.41) is 0. The molecule has 0 radical (unpaired) electrons.